The number of allylic oxidation sites excluding steroid dienone is 1. The normalized spacial score (nSPS) is 17.8. The van der Waals surface area contributed by atoms with Gasteiger partial charge in [0, 0.05) is 12.8 Å². The molecule has 1 aliphatic rings. The minimum Gasteiger partial charge on any atom is -0.466 e. The van der Waals surface area contributed by atoms with Gasteiger partial charge >= 0.3 is 5.97 Å². The Labute approximate surface area is 538 Å². The minimum absolute atomic E-state index is 0.0191. The van der Waals surface area contributed by atoms with E-state index < -0.39 is 49.5 Å². The first-order chi connectivity index (χ1) is 42.7. The number of carbonyl (C=O) groups is 2. The first-order valence-corrected chi connectivity index (χ1v) is 38.5. The van der Waals surface area contributed by atoms with Gasteiger partial charge in [0.05, 0.1) is 32.0 Å². The summed E-state index contributed by atoms with van der Waals surface area (Å²) in [5, 5.41) is 54.3. The highest BCUT2D eigenvalue weighted by Crippen LogP contribution is 2.24. The fraction of sp³-hybridized carbons (Fsp3) is 0.947. The maximum absolute atomic E-state index is 13.0. The monoisotopic (exact) mass is 1230 g/mol. The molecule has 1 fully saturated rings. The molecule has 0 aliphatic carbocycles. The third kappa shape index (κ3) is 54.7. The number of amides is 1. The van der Waals surface area contributed by atoms with Crippen molar-refractivity contribution in [2.24, 2.45) is 0 Å². The summed E-state index contributed by atoms with van der Waals surface area (Å²) in [6, 6.07) is -0.804. The number of aliphatic hydroxyl groups is 5. The number of nitrogens with one attached hydrogen (secondary N) is 1. The Bertz CT molecular complexity index is 1450. The summed E-state index contributed by atoms with van der Waals surface area (Å²) < 4.78 is 16.8. The molecule has 11 heteroatoms. The van der Waals surface area contributed by atoms with E-state index in [0.717, 1.165) is 51.4 Å². The molecule has 0 aromatic rings. The fourth-order valence-corrected chi connectivity index (χ4v) is 12.6. The molecule has 0 spiro atoms. The van der Waals surface area contributed by atoms with Gasteiger partial charge in [-0.15, -0.1) is 0 Å². The molecule has 1 saturated heterocycles. The average Bonchev–Trinajstić information content (AvgIpc) is 3.18. The Hall–Kier alpha value is -1.60. The van der Waals surface area contributed by atoms with Crippen molar-refractivity contribution in [3.63, 3.8) is 0 Å². The molecule has 0 bridgehead atoms. The number of rotatable bonds is 69. The standard InChI is InChI=1S/C76H147NO10/c1-3-5-7-9-11-13-14-15-16-17-35-38-41-44-48-52-56-60-64-72(81)85-65-61-57-53-49-45-42-39-36-33-31-29-27-25-23-21-19-18-20-22-24-26-28-30-32-34-37-40-43-47-51-55-59-63-71(80)77-68(69(79)62-58-54-50-46-12-10-8-6-4-2)67-86-76-75(84)74(83)73(82)70(66-78)87-76/h58,62,68-70,73-76,78-79,82-84H,3-57,59-61,63-67H2,1-2H3,(H,77,80)/b62-58+. The van der Waals surface area contributed by atoms with Crippen molar-refractivity contribution in [2.45, 2.75) is 442 Å². The molecule has 0 aromatic carbocycles. The van der Waals surface area contributed by atoms with Gasteiger partial charge in [0.2, 0.25) is 5.91 Å². The second-order valence-electron chi connectivity index (χ2n) is 27.1. The molecule has 1 aliphatic heterocycles. The maximum atomic E-state index is 13.0. The lowest BCUT2D eigenvalue weighted by atomic mass is 9.99. The van der Waals surface area contributed by atoms with Crippen LogP contribution in [0.3, 0.4) is 0 Å². The SMILES string of the molecule is CCCCCCCCC/C=C/C(O)C(COC1OC(CO)C(O)C(O)C1O)NC(=O)CCCCCCCCCCCCCCCCCCCCCCCCCCCCCCCCCCOC(=O)CCCCCCCCCCCCCCCCCCCC. The molecule has 516 valence electrons. The van der Waals surface area contributed by atoms with E-state index in [0.29, 0.717) is 19.4 Å². The minimum atomic E-state index is -1.57. The summed E-state index contributed by atoms with van der Waals surface area (Å²) in [6.45, 7) is 4.37. The fourth-order valence-electron chi connectivity index (χ4n) is 12.6. The van der Waals surface area contributed by atoms with Gasteiger partial charge in [-0.25, -0.2) is 0 Å². The highest BCUT2D eigenvalue weighted by Gasteiger charge is 2.44. The highest BCUT2D eigenvalue weighted by molar-refractivity contribution is 5.76. The van der Waals surface area contributed by atoms with E-state index in [1.165, 1.54) is 321 Å². The van der Waals surface area contributed by atoms with Crippen LogP contribution in [0.5, 0.6) is 0 Å². The van der Waals surface area contributed by atoms with Crippen molar-refractivity contribution in [2.75, 3.05) is 19.8 Å². The Morgan fingerprint density at radius 3 is 1.07 bits per heavy atom. The van der Waals surface area contributed by atoms with Crippen molar-refractivity contribution >= 4 is 11.9 Å². The predicted molar refractivity (Wildman–Crippen MR) is 366 cm³/mol. The molecule has 1 heterocycles. The van der Waals surface area contributed by atoms with E-state index in [1.54, 1.807) is 6.08 Å². The summed E-state index contributed by atoms with van der Waals surface area (Å²) in [7, 11) is 0. The van der Waals surface area contributed by atoms with E-state index in [2.05, 4.69) is 19.2 Å². The summed E-state index contributed by atoms with van der Waals surface area (Å²) in [6.07, 6.45) is 72.5. The molecule has 0 saturated carbocycles. The number of unbranched alkanes of at least 4 members (excludes halogenated alkanes) is 55. The number of esters is 1. The van der Waals surface area contributed by atoms with Crippen LogP contribution in [0.4, 0.5) is 0 Å². The first-order valence-electron chi connectivity index (χ1n) is 38.5. The van der Waals surface area contributed by atoms with Crippen LogP contribution in [0.15, 0.2) is 12.2 Å². The predicted octanol–water partition coefficient (Wildman–Crippen LogP) is 20.2. The summed E-state index contributed by atoms with van der Waals surface area (Å²) in [5.74, 6) is -0.158. The lowest BCUT2D eigenvalue weighted by Crippen LogP contribution is -2.60. The van der Waals surface area contributed by atoms with Crippen molar-refractivity contribution in [1.82, 2.24) is 5.32 Å². The zero-order valence-corrected chi connectivity index (χ0v) is 57.5. The van der Waals surface area contributed by atoms with Crippen molar-refractivity contribution < 1.29 is 49.3 Å². The third-order valence-electron chi connectivity index (χ3n) is 18.7. The second kappa shape index (κ2) is 65.9. The van der Waals surface area contributed by atoms with Crippen LogP contribution in [-0.2, 0) is 23.8 Å². The molecule has 1 rings (SSSR count). The Kier molecular flexibility index (Phi) is 63.2. The van der Waals surface area contributed by atoms with Crippen LogP contribution in [0.2, 0.25) is 0 Å². The largest absolute Gasteiger partial charge is 0.466 e. The Morgan fingerprint density at radius 2 is 0.724 bits per heavy atom. The zero-order valence-electron chi connectivity index (χ0n) is 57.5. The van der Waals surface area contributed by atoms with Crippen LogP contribution in [0, 0.1) is 0 Å². The highest BCUT2D eigenvalue weighted by atomic mass is 16.7. The van der Waals surface area contributed by atoms with E-state index in [9.17, 15) is 35.1 Å². The molecule has 0 aromatic heterocycles. The van der Waals surface area contributed by atoms with Gasteiger partial charge in [-0.05, 0) is 32.1 Å². The Morgan fingerprint density at radius 1 is 0.414 bits per heavy atom. The second-order valence-corrected chi connectivity index (χ2v) is 27.1. The molecule has 11 nitrogen and oxygen atoms in total. The molecule has 7 atom stereocenters. The quantitative estimate of drug-likeness (QED) is 0.0195. The van der Waals surface area contributed by atoms with Crippen molar-refractivity contribution in [1.29, 1.82) is 0 Å². The Balaban J connectivity index is 1.85. The molecule has 0 radical (unpaired) electrons. The third-order valence-corrected chi connectivity index (χ3v) is 18.7. The lowest BCUT2D eigenvalue weighted by molar-refractivity contribution is -0.302. The first kappa shape index (κ1) is 83.4. The van der Waals surface area contributed by atoms with Crippen LogP contribution in [-0.4, -0.2) is 100 Å². The number of aliphatic hydroxyl groups excluding tert-OH is 5. The zero-order chi connectivity index (χ0) is 63.0. The average molecular weight is 1240 g/mol. The lowest BCUT2D eigenvalue weighted by Gasteiger charge is -2.40. The van der Waals surface area contributed by atoms with Gasteiger partial charge in [-0.2, -0.15) is 0 Å². The molecule has 1 amide bonds. The van der Waals surface area contributed by atoms with Crippen LogP contribution in [0.1, 0.15) is 399 Å². The van der Waals surface area contributed by atoms with Gasteiger partial charge in [0.1, 0.15) is 24.4 Å². The summed E-state index contributed by atoms with van der Waals surface area (Å²) in [5.41, 5.74) is 0. The molecular formula is C76H147NO10. The number of carbonyl (C=O) groups excluding carboxylic acids is 2. The van der Waals surface area contributed by atoms with Crippen molar-refractivity contribution in [3.8, 4) is 0 Å². The van der Waals surface area contributed by atoms with E-state index >= 15 is 0 Å². The number of ether oxygens (including phenoxy) is 3. The summed E-state index contributed by atoms with van der Waals surface area (Å²) >= 11 is 0. The summed E-state index contributed by atoms with van der Waals surface area (Å²) in [4.78, 5) is 25.2. The smallest absolute Gasteiger partial charge is 0.305 e. The maximum Gasteiger partial charge on any atom is 0.305 e. The van der Waals surface area contributed by atoms with Gasteiger partial charge in [-0.1, -0.05) is 366 Å². The number of hydrogen-bond donors (Lipinski definition) is 6. The van der Waals surface area contributed by atoms with Crippen LogP contribution in [0.25, 0.3) is 0 Å². The van der Waals surface area contributed by atoms with Crippen LogP contribution >= 0.6 is 0 Å². The van der Waals surface area contributed by atoms with Gasteiger partial charge < -0.3 is 45.1 Å². The van der Waals surface area contributed by atoms with Crippen LogP contribution < -0.4 is 5.32 Å². The number of hydrogen-bond acceptors (Lipinski definition) is 10. The van der Waals surface area contributed by atoms with Gasteiger partial charge in [0.25, 0.3) is 0 Å². The van der Waals surface area contributed by atoms with E-state index in [4.69, 9.17) is 14.2 Å². The molecule has 6 N–H and O–H groups in total. The molecule has 87 heavy (non-hydrogen) atoms. The van der Waals surface area contributed by atoms with Crippen molar-refractivity contribution in [3.05, 3.63) is 12.2 Å². The topological polar surface area (TPSA) is 175 Å². The van der Waals surface area contributed by atoms with Gasteiger partial charge in [-0.3, -0.25) is 9.59 Å². The molecular weight excluding hydrogens is 1090 g/mol. The molecule has 7 unspecified atom stereocenters. The van der Waals surface area contributed by atoms with E-state index in [1.807, 2.05) is 6.08 Å². The van der Waals surface area contributed by atoms with E-state index in [-0.39, 0.29) is 18.5 Å². The van der Waals surface area contributed by atoms with Gasteiger partial charge in [0.15, 0.2) is 6.29 Å².